The molecule has 0 N–H and O–H groups in total. The van der Waals surface area contributed by atoms with Crippen LogP contribution in [0.2, 0.25) is 0 Å². The fourth-order valence-electron chi connectivity index (χ4n) is 1.49. The Morgan fingerprint density at radius 3 is 1.80 bits per heavy atom. The lowest BCUT2D eigenvalue weighted by molar-refractivity contribution is 0.102. The Morgan fingerprint density at radius 2 is 1.35 bits per heavy atom. The average molecular weight is 314 g/mol. The number of ether oxygens (including phenoxy) is 1. The highest BCUT2D eigenvalue weighted by Crippen LogP contribution is 2.29. The monoisotopic (exact) mass is 314 g/mol. The van der Waals surface area contributed by atoms with Gasteiger partial charge in [0.2, 0.25) is 29.1 Å². The summed E-state index contributed by atoms with van der Waals surface area (Å²) in [5.41, 5.74) is -0.397. The van der Waals surface area contributed by atoms with Gasteiger partial charge in [0.25, 0.3) is 0 Å². The average Bonchev–Trinajstić information content (AvgIpc) is 2.42. The lowest BCUT2D eigenvalue weighted by atomic mass is 10.0. The van der Waals surface area contributed by atoms with Crippen LogP contribution in [0.5, 0.6) is 5.75 Å². The largest absolute Gasteiger partial charge is 0.487 e. The van der Waals surface area contributed by atoms with Gasteiger partial charge >= 0.3 is 0 Å². The normalized spacial score (nSPS) is 11.9. The van der Waals surface area contributed by atoms with Gasteiger partial charge in [-0.2, -0.15) is 8.78 Å². The van der Waals surface area contributed by atoms with Crippen LogP contribution < -0.4 is 4.74 Å². The van der Waals surface area contributed by atoms with E-state index in [0.29, 0.717) is 23.3 Å². The van der Waals surface area contributed by atoms with Gasteiger partial charge in [-0.1, -0.05) is 0 Å². The molecule has 0 aliphatic rings. The first kappa shape index (κ1) is 16.9. The highest BCUT2D eigenvalue weighted by molar-refractivity contribution is 5.98. The van der Waals surface area contributed by atoms with Crippen molar-refractivity contribution < 1.29 is 31.1 Å². The predicted molar refractivity (Wildman–Crippen MR) is 66.1 cm³/mol. The van der Waals surface area contributed by atoms with Crippen molar-refractivity contribution in [3.05, 3.63) is 29.1 Å². The predicted octanol–water partition coefficient (Wildman–Crippen LogP) is 2.62. The maximum absolute atomic E-state index is 13.3. The fourth-order valence-corrected chi connectivity index (χ4v) is 1.69. The van der Waals surface area contributed by atoms with E-state index in [4.69, 9.17) is 4.43 Å². The summed E-state index contributed by atoms with van der Waals surface area (Å²) >= 11 is 0. The molecule has 0 radical (unpaired) electrons. The Kier molecular flexibility index (Phi) is 5.52. The lowest BCUT2D eigenvalue weighted by Gasteiger charge is -2.23. The summed E-state index contributed by atoms with van der Waals surface area (Å²) in [5, 5.41) is 0. The van der Waals surface area contributed by atoms with Crippen LogP contribution in [0.4, 0.5) is 22.0 Å². The van der Waals surface area contributed by atoms with Gasteiger partial charge in [0.05, 0.1) is 6.61 Å². The molecule has 1 rings (SSSR count). The Balaban J connectivity index is 2.75. The van der Waals surface area contributed by atoms with Crippen molar-refractivity contribution in [3.8, 4) is 5.75 Å². The first-order valence-corrected chi connectivity index (χ1v) is 6.72. The zero-order chi connectivity index (χ0) is 15.5. The van der Waals surface area contributed by atoms with E-state index in [1.165, 1.54) is 0 Å². The fraction of sp³-hybridized carbons (Fsp3) is 0.500. The van der Waals surface area contributed by atoms with Crippen molar-refractivity contribution in [3.63, 3.8) is 0 Å². The molecule has 8 heteroatoms. The number of halogens is 5. The molecule has 114 valence electrons. The summed E-state index contributed by atoms with van der Waals surface area (Å²) in [5.74, 6) is -11.4. The molecule has 0 aromatic heterocycles. The second-order valence-electron chi connectivity index (χ2n) is 4.81. The maximum Gasteiger partial charge on any atom is 0.206 e. The van der Waals surface area contributed by atoms with Gasteiger partial charge in [-0.15, -0.1) is 0 Å². The van der Waals surface area contributed by atoms with Gasteiger partial charge in [-0.05, 0) is 26.7 Å². The molecule has 0 spiro atoms. The Bertz CT molecular complexity index is 464. The van der Waals surface area contributed by atoms with Crippen LogP contribution in [0.15, 0.2) is 0 Å². The second-order valence-corrected chi connectivity index (χ2v) is 5.22. The van der Waals surface area contributed by atoms with E-state index < -0.39 is 40.4 Å². The topological polar surface area (TPSA) is 18.5 Å². The van der Waals surface area contributed by atoms with Crippen LogP contribution in [-0.4, -0.2) is 22.7 Å². The molecule has 2 nitrogen and oxygen atoms in total. The number of benzene rings is 1. The molecule has 0 saturated carbocycles. The first-order chi connectivity index (χ1) is 9.21. The van der Waals surface area contributed by atoms with Crippen LogP contribution in [0.3, 0.4) is 0 Å². The Hall–Kier alpha value is -1.15. The van der Waals surface area contributed by atoms with Crippen molar-refractivity contribution in [2.24, 2.45) is 0 Å². The van der Waals surface area contributed by atoms with Crippen LogP contribution in [0.25, 0.3) is 0 Å². The highest BCUT2D eigenvalue weighted by atomic mass is 28.2. The quantitative estimate of drug-likeness (QED) is 0.264. The number of hydrogen-bond donors (Lipinski definition) is 0. The molecule has 0 heterocycles. The third kappa shape index (κ3) is 3.69. The van der Waals surface area contributed by atoms with Gasteiger partial charge in [-0.3, -0.25) is 0 Å². The van der Waals surface area contributed by atoms with E-state index in [9.17, 15) is 22.0 Å². The Labute approximate surface area is 116 Å². The third-order valence-electron chi connectivity index (χ3n) is 2.89. The van der Waals surface area contributed by atoms with Crippen LogP contribution in [-0.2, 0) is 4.43 Å². The number of hydrogen-bond acceptors (Lipinski definition) is 2. The second kappa shape index (κ2) is 6.53. The highest BCUT2D eigenvalue weighted by Gasteiger charge is 2.27. The van der Waals surface area contributed by atoms with E-state index in [0.717, 1.165) is 0 Å². The van der Waals surface area contributed by atoms with Crippen molar-refractivity contribution in [2.75, 3.05) is 6.61 Å². The molecule has 0 aliphatic carbocycles. The molecule has 0 amide bonds. The number of rotatable bonds is 6. The summed E-state index contributed by atoms with van der Waals surface area (Å²) in [6.07, 6.45) is 0.890. The summed E-state index contributed by atoms with van der Waals surface area (Å²) in [4.78, 5) is 0. The molecule has 0 fully saturated rings. The Morgan fingerprint density at radius 1 is 0.900 bits per heavy atom. The molecular formula is C12H15F5O2Si. The standard InChI is InChI=1S/C12H15F5O2Si/c1-12(2,19-20)4-3-5-18-11-9(16)7(14)6(13)8(15)10(11)17/h3-5H2,1-2,20H3. The minimum atomic E-state index is -2.20. The molecular weight excluding hydrogens is 299 g/mol. The van der Waals surface area contributed by atoms with Gasteiger partial charge in [0.1, 0.15) is 10.5 Å². The molecule has 1 aromatic rings. The van der Waals surface area contributed by atoms with E-state index in [1.807, 2.05) is 13.8 Å². The van der Waals surface area contributed by atoms with Gasteiger partial charge in [-0.25, -0.2) is 13.2 Å². The zero-order valence-corrected chi connectivity index (χ0v) is 13.3. The van der Waals surface area contributed by atoms with Crippen molar-refractivity contribution in [1.82, 2.24) is 0 Å². The van der Waals surface area contributed by atoms with E-state index in [-0.39, 0.29) is 6.61 Å². The molecule has 1 aromatic carbocycles. The van der Waals surface area contributed by atoms with Gasteiger partial charge in [0, 0.05) is 5.60 Å². The summed E-state index contributed by atoms with van der Waals surface area (Å²) in [6, 6.07) is 0. The van der Waals surface area contributed by atoms with E-state index in [1.54, 1.807) is 0 Å². The van der Waals surface area contributed by atoms with Crippen LogP contribution >= 0.6 is 0 Å². The van der Waals surface area contributed by atoms with E-state index >= 15 is 0 Å². The molecule has 0 bridgehead atoms. The lowest BCUT2D eigenvalue weighted by Crippen LogP contribution is -2.23. The zero-order valence-electron chi connectivity index (χ0n) is 11.3. The van der Waals surface area contributed by atoms with Crippen LogP contribution in [0.1, 0.15) is 26.7 Å². The summed E-state index contributed by atoms with van der Waals surface area (Å²) in [7, 11) is 0.533. The van der Waals surface area contributed by atoms with Crippen LogP contribution in [0, 0.1) is 29.1 Å². The van der Waals surface area contributed by atoms with E-state index in [2.05, 4.69) is 4.74 Å². The first-order valence-electron chi connectivity index (χ1n) is 5.90. The molecule has 0 unspecified atom stereocenters. The summed E-state index contributed by atoms with van der Waals surface area (Å²) < 4.78 is 75.1. The SMILES string of the molecule is CC(C)(CCCOc1c(F)c(F)c(F)c(F)c1F)O[SiH3]. The molecule has 0 aliphatic heterocycles. The van der Waals surface area contributed by atoms with Gasteiger partial charge < -0.3 is 9.16 Å². The minimum absolute atomic E-state index is 0.174. The molecule has 0 saturated heterocycles. The summed E-state index contributed by atoms with van der Waals surface area (Å²) in [6.45, 7) is 3.49. The van der Waals surface area contributed by atoms with Gasteiger partial charge in [0.15, 0.2) is 5.75 Å². The van der Waals surface area contributed by atoms with Crippen molar-refractivity contribution >= 4 is 10.5 Å². The van der Waals surface area contributed by atoms with Crippen molar-refractivity contribution in [2.45, 2.75) is 32.3 Å². The minimum Gasteiger partial charge on any atom is -0.487 e. The maximum atomic E-state index is 13.3. The smallest absolute Gasteiger partial charge is 0.206 e. The third-order valence-corrected chi connectivity index (χ3v) is 4.00. The molecule has 20 heavy (non-hydrogen) atoms. The molecule has 0 atom stereocenters. The van der Waals surface area contributed by atoms with Crippen molar-refractivity contribution in [1.29, 1.82) is 0 Å².